The van der Waals surface area contributed by atoms with Crippen LogP contribution in [0.4, 0.5) is 0 Å². The monoisotopic (exact) mass is 303 g/mol. The minimum absolute atomic E-state index is 0.360. The van der Waals surface area contributed by atoms with Crippen LogP contribution in [0.2, 0.25) is 0 Å². The zero-order valence-corrected chi connectivity index (χ0v) is 13.6. The molecule has 1 N–H and O–H groups in total. The van der Waals surface area contributed by atoms with Crippen LogP contribution in [-0.2, 0) is 0 Å². The number of benzene rings is 1. The molecule has 1 heterocycles. The van der Waals surface area contributed by atoms with E-state index in [1.165, 1.54) is 38.5 Å². The summed E-state index contributed by atoms with van der Waals surface area (Å²) in [5.74, 6) is 2.82. The van der Waals surface area contributed by atoms with E-state index in [4.69, 9.17) is 9.47 Å². The summed E-state index contributed by atoms with van der Waals surface area (Å²) in [6, 6.07) is 8.16. The van der Waals surface area contributed by atoms with Crippen LogP contribution in [0.1, 0.15) is 51.4 Å². The molecule has 3 heteroatoms. The summed E-state index contributed by atoms with van der Waals surface area (Å²) in [5.41, 5.74) is 0. The Labute approximate surface area is 134 Å². The predicted molar refractivity (Wildman–Crippen MR) is 89.6 cm³/mol. The Kier molecular flexibility index (Phi) is 6.00. The van der Waals surface area contributed by atoms with Gasteiger partial charge in [-0.25, -0.2) is 0 Å². The van der Waals surface area contributed by atoms with Crippen LogP contribution in [0.3, 0.4) is 0 Å². The molecular formula is C19H29NO2. The lowest BCUT2D eigenvalue weighted by molar-refractivity contribution is 0.162. The van der Waals surface area contributed by atoms with E-state index in [-0.39, 0.29) is 0 Å². The Bertz CT molecular complexity index is 420. The van der Waals surface area contributed by atoms with Gasteiger partial charge < -0.3 is 14.8 Å². The van der Waals surface area contributed by atoms with Crippen LogP contribution >= 0.6 is 0 Å². The zero-order chi connectivity index (χ0) is 15.0. The first-order valence-electron chi connectivity index (χ1n) is 9.00. The Morgan fingerprint density at radius 2 is 1.55 bits per heavy atom. The van der Waals surface area contributed by atoms with Gasteiger partial charge in [-0.1, -0.05) is 32.1 Å². The maximum Gasteiger partial charge on any atom is 0.119 e. The summed E-state index contributed by atoms with van der Waals surface area (Å²) in [6.45, 7) is 2.97. The molecule has 3 nitrogen and oxygen atoms in total. The third-order valence-corrected chi connectivity index (χ3v) is 4.93. The highest BCUT2D eigenvalue weighted by molar-refractivity contribution is 5.31. The standard InChI is InChI=1S/C19H29NO2/c1-2-4-16(5-3-1)12-15-21-17-6-8-18(9-7-17)22-19-10-13-20-14-11-19/h6-9,16,19-20H,1-5,10-15H2. The van der Waals surface area contributed by atoms with E-state index in [1.54, 1.807) is 0 Å². The van der Waals surface area contributed by atoms with E-state index in [2.05, 4.69) is 5.32 Å². The second-order valence-corrected chi connectivity index (χ2v) is 6.68. The van der Waals surface area contributed by atoms with Crippen LogP contribution in [0, 0.1) is 5.92 Å². The van der Waals surface area contributed by atoms with Crippen molar-refractivity contribution in [1.82, 2.24) is 5.32 Å². The average molecular weight is 303 g/mol. The first-order valence-corrected chi connectivity index (χ1v) is 9.00. The maximum absolute atomic E-state index is 6.01. The van der Waals surface area contributed by atoms with E-state index in [9.17, 15) is 0 Å². The molecule has 122 valence electrons. The number of hydrogen-bond donors (Lipinski definition) is 1. The van der Waals surface area contributed by atoms with Gasteiger partial charge in [0.25, 0.3) is 0 Å². The molecule has 2 fully saturated rings. The van der Waals surface area contributed by atoms with Gasteiger partial charge >= 0.3 is 0 Å². The molecule has 1 aromatic rings. The molecule has 0 spiro atoms. The third-order valence-electron chi connectivity index (χ3n) is 4.93. The number of nitrogens with one attached hydrogen (secondary N) is 1. The second kappa shape index (κ2) is 8.42. The number of piperidine rings is 1. The third kappa shape index (κ3) is 4.91. The normalized spacial score (nSPS) is 20.7. The first-order chi connectivity index (χ1) is 10.9. The molecule has 1 saturated carbocycles. The number of rotatable bonds is 6. The van der Waals surface area contributed by atoms with E-state index in [0.29, 0.717) is 6.10 Å². The fourth-order valence-electron chi connectivity index (χ4n) is 3.54. The molecule has 0 amide bonds. The van der Waals surface area contributed by atoms with Gasteiger partial charge in [0.15, 0.2) is 0 Å². The molecule has 0 bridgehead atoms. The lowest BCUT2D eigenvalue weighted by Gasteiger charge is -2.24. The molecule has 1 aromatic carbocycles. The molecule has 22 heavy (non-hydrogen) atoms. The van der Waals surface area contributed by atoms with Crippen LogP contribution < -0.4 is 14.8 Å². The molecule has 1 saturated heterocycles. The molecule has 3 rings (SSSR count). The molecule has 0 unspecified atom stereocenters. The van der Waals surface area contributed by atoms with Gasteiger partial charge in [-0.05, 0) is 62.5 Å². The van der Waals surface area contributed by atoms with Crippen LogP contribution in [0.25, 0.3) is 0 Å². The summed E-state index contributed by atoms with van der Waals surface area (Å²) in [7, 11) is 0. The Balaban J connectivity index is 1.39. The number of hydrogen-bond acceptors (Lipinski definition) is 3. The van der Waals surface area contributed by atoms with E-state index in [1.807, 2.05) is 24.3 Å². The van der Waals surface area contributed by atoms with Crippen molar-refractivity contribution in [2.24, 2.45) is 5.92 Å². The molecule has 1 aliphatic carbocycles. The second-order valence-electron chi connectivity index (χ2n) is 6.68. The van der Waals surface area contributed by atoms with E-state index in [0.717, 1.165) is 50.0 Å². The quantitative estimate of drug-likeness (QED) is 0.855. The minimum Gasteiger partial charge on any atom is -0.494 e. The SMILES string of the molecule is c1cc(OC2CCNCC2)ccc1OCCC1CCCCC1. The highest BCUT2D eigenvalue weighted by atomic mass is 16.5. The summed E-state index contributed by atoms with van der Waals surface area (Å²) < 4.78 is 11.9. The maximum atomic E-state index is 6.01. The summed E-state index contributed by atoms with van der Waals surface area (Å²) >= 11 is 0. The largest absolute Gasteiger partial charge is 0.494 e. The van der Waals surface area contributed by atoms with Crippen molar-refractivity contribution in [3.63, 3.8) is 0 Å². The predicted octanol–water partition coefficient (Wildman–Crippen LogP) is 4.17. The van der Waals surface area contributed by atoms with Crippen molar-refractivity contribution in [3.05, 3.63) is 24.3 Å². The highest BCUT2D eigenvalue weighted by Crippen LogP contribution is 2.27. The van der Waals surface area contributed by atoms with Gasteiger partial charge in [0, 0.05) is 0 Å². The fourth-order valence-corrected chi connectivity index (χ4v) is 3.54. The average Bonchev–Trinajstić information content (AvgIpc) is 2.58. The lowest BCUT2D eigenvalue weighted by atomic mass is 9.87. The van der Waals surface area contributed by atoms with E-state index >= 15 is 0 Å². The van der Waals surface area contributed by atoms with Gasteiger partial charge in [0.05, 0.1) is 6.61 Å². The highest BCUT2D eigenvalue weighted by Gasteiger charge is 2.15. The van der Waals surface area contributed by atoms with Crippen molar-refractivity contribution in [3.8, 4) is 11.5 Å². The Hall–Kier alpha value is -1.22. The van der Waals surface area contributed by atoms with Gasteiger partial charge in [-0.3, -0.25) is 0 Å². The Morgan fingerprint density at radius 1 is 0.864 bits per heavy atom. The van der Waals surface area contributed by atoms with Gasteiger partial charge in [-0.2, -0.15) is 0 Å². The smallest absolute Gasteiger partial charge is 0.119 e. The Morgan fingerprint density at radius 3 is 2.27 bits per heavy atom. The molecule has 2 aliphatic rings. The van der Waals surface area contributed by atoms with Gasteiger partial charge in [0.1, 0.15) is 17.6 Å². The molecule has 1 aliphatic heterocycles. The molecule has 0 aromatic heterocycles. The summed E-state index contributed by atoms with van der Waals surface area (Å²) in [4.78, 5) is 0. The fraction of sp³-hybridized carbons (Fsp3) is 0.684. The van der Waals surface area contributed by atoms with Crippen LogP contribution in [0.15, 0.2) is 24.3 Å². The first kappa shape index (κ1) is 15.7. The topological polar surface area (TPSA) is 30.5 Å². The number of ether oxygens (including phenoxy) is 2. The van der Waals surface area contributed by atoms with Crippen molar-refractivity contribution in [2.75, 3.05) is 19.7 Å². The van der Waals surface area contributed by atoms with Gasteiger partial charge in [-0.15, -0.1) is 0 Å². The van der Waals surface area contributed by atoms with Crippen molar-refractivity contribution in [1.29, 1.82) is 0 Å². The van der Waals surface area contributed by atoms with Gasteiger partial charge in [0.2, 0.25) is 0 Å². The molecule has 0 atom stereocenters. The van der Waals surface area contributed by atoms with Crippen molar-refractivity contribution in [2.45, 2.75) is 57.5 Å². The molecular weight excluding hydrogens is 274 g/mol. The van der Waals surface area contributed by atoms with Crippen LogP contribution in [-0.4, -0.2) is 25.8 Å². The molecule has 0 radical (unpaired) electrons. The summed E-state index contributed by atoms with van der Waals surface area (Å²) in [6.07, 6.45) is 10.8. The van der Waals surface area contributed by atoms with Crippen LogP contribution in [0.5, 0.6) is 11.5 Å². The van der Waals surface area contributed by atoms with Crippen molar-refractivity contribution >= 4 is 0 Å². The zero-order valence-electron chi connectivity index (χ0n) is 13.6. The van der Waals surface area contributed by atoms with E-state index < -0.39 is 0 Å². The van der Waals surface area contributed by atoms with Crippen molar-refractivity contribution < 1.29 is 9.47 Å². The summed E-state index contributed by atoms with van der Waals surface area (Å²) in [5, 5.41) is 3.36. The lowest BCUT2D eigenvalue weighted by Crippen LogP contribution is -2.34. The minimum atomic E-state index is 0.360.